The highest BCUT2D eigenvalue weighted by Gasteiger charge is 2.36. The molecular formula is C12H18O7. The molecular weight excluding hydrogens is 256 g/mol. The Morgan fingerprint density at radius 1 is 1.16 bits per heavy atom. The molecule has 1 aliphatic heterocycles. The molecule has 7 heteroatoms. The molecule has 1 fully saturated rings. The number of hydrogen-bond acceptors (Lipinski definition) is 7. The van der Waals surface area contributed by atoms with Gasteiger partial charge in [-0.1, -0.05) is 0 Å². The van der Waals surface area contributed by atoms with Gasteiger partial charge in [0.1, 0.15) is 18.8 Å². The molecule has 0 unspecified atom stereocenters. The molecule has 0 bridgehead atoms. The topological polar surface area (TPSA) is 88.1 Å². The van der Waals surface area contributed by atoms with Crippen molar-refractivity contribution >= 4 is 17.9 Å². The molecule has 1 saturated heterocycles. The van der Waals surface area contributed by atoms with E-state index in [0.29, 0.717) is 6.42 Å². The lowest BCUT2D eigenvalue weighted by Crippen LogP contribution is -2.35. The minimum Gasteiger partial charge on any atom is -0.462 e. The average molecular weight is 274 g/mol. The van der Waals surface area contributed by atoms with Crippen LogP contribution in [0.1, 0.15) is 27.2 Å². The first-order chi connectivity index (χ1) is 8.88. The molecule has 0 aromatic carbocycles. The van der Waals surface area contributed by atoms with Gasteiger partial charge in [-0.2, -0.15) is 0 Å². The summed E-state index contributed by atoms with van der Waals surface area (Å²) in [6.45, 7) is 4.01. The molecule has 108 valence electrons. The molecule has 0 N–H and O–H groups in total. The van der Waals surface area contributed by atoms with Crippen molar-refractivity contribution in [1.29, 1.82) is 0 Å². The van der Waals surface area contributed by atoms with Crippen LogP contribution in [0.2, 0.25) is 0 Å². The summed E-state index contributed by atoms with van der Waals surface area (Å²) in [5.74, 6) is -1.35. The molecule has 1 aliphatic rings. The molecule has 0 aromatic heterocycles. The molecule has 7 nitrogen and oxygen atoms in total. The second kappa shape index (κ2) is 7.08. The van der Waals surface area contributed by atoms with Crippen molar-refractivity contribution < 1.29 is 33.3 Å². The fourth-order valence-corrected chi connectivity index (χ4v) is 1.83. The summed E-state index contributed by atoms with van der Waals surface area (Å²) in [5, 5.41) is 0. The van der Waals surface area contributed by atoms with Gasteiger partial charge >= 0.3 is 17.9 Å². The van der Waals surface area contributed by atoms with Gasteiger partial charge in [-0.15, -0.1) is 0 Å². The summed E-state index contributed by atoms with van der Waals surface area (Å²) < 4.78 is 20.3. The highest BCUT2D eigenvalue weighted by atomic mass is 16.6. The fourth-order valence-electron chi connectivity index (χ4n) is 1.83. The van der Waals surface area contributed by atoms with Gasteiger partial charge in [0, 0.05) is 27.2 Å². The van der Waals surface area contributed by atoms with Crippen molar-refractivity contribution in [3.63, 3.8) is 0 Å². The van der Waals surface area contributed by atoms with E-state index in [0.717, 1.165) is 0 Å². The molecule has 0 spiro atoms. The standard InChI is InChI=1S/C12H18O7/c1-7(13)16-6-12(19-9(3)15)11-4-10(5-17-11)18-8(2)14/h10-12H,4-6H2,1-3H3/t10-,11-,12+/m0/s1. The van der Waals surface area contributed by atoms with Crippen LogP contribution in [0.4, 0.5) is 0 Å². The Kier molecular flexibility index (Phi) is 5.75. The molecule has 1 rings (SSSR count). The van der Waals surface area contributed by atoms with Crippen LogP contribution in [0.15, 0.2) is 0 Å². The van der Waals surface area contributed by atoms with Crippen LogP contribution >= 0.6 is 0 Å². The zero-order chi connectivity index (χ0) is 14.4. The maximum Gasteiger partial charge on any atom is 0.303 e. The van der Waals surface area contributed by atoms with Crippen molar-refractivity contribution in [2.24, 2.45) is 0 Å². The Labute approximate surface area is 111 Å². The largest absolute Gasteiger partial charge is 0.462 e. The van der Waals surface area contributed by atoms with E-state index in [4.69, 9.17) is 18.9 Å². The quantitative estimate of drug-likeness (QED) is 0.522. The van der Waals surface area contributed by atoms with E-state index in [2.05, 4.69) is 0 Å². The lowest BCUT2D eigenvalue weighted by Gasteiger charge is -2.21. The molecule has 0 amide bonds. The number of rotatable bonds is 5. The predicted octanol–water partition coefficient (Wildman–Crippen LogP) is 0.202. The molecule has 3 atom stereocenters. The van der Waals surface area contributed by atoms with Crippen LogP contribution in [0.3, 0.4) is 0 Å². The summed E-state index contributed by atoms with van der Waals surface area (Å²) in [6.07, 6.45) is -1.11. The van der Waals surface area contributed by atoms with Gasteiger partial charge in [0.05, 0.1) is 6.61 Å². The minimum atomic E-state index is -0.693. The monoisotopic (exact) mass is 274 g/mol. The van der Waals surface area contributed by atoms with Crippen molar-refractivity contribution in [3.8, 4) is 0 Å². The van der Waals surface area contributed by atoms with Crippen LogP contribution in [0.5, 0.6) is 0 Å². The average Bonchev–Trinajstić information content (AvgIpc) is 2.70. The Morgan fingerprint density at radius 3 is 2.37 bits per heavy atom. The number of carbonyl (C=O) groups excluding carboxylic acids is 3. The normalized spacial score (nSPS) is 23.5. The summed E-state index contributed by atoms with van der Waals surface area (Å²) >= 11 is 0. The third kappa shape index (κ3) is 5.69. The van der Waals surface area contributed by atoms with Crippen molar-refractivity contribution in [2.75, 3.05) is 13.2 Å². The van der Waals surface area contributed by atoms with Crippen molar-refractivity contribution in [2.45, 2.75) is 45.5 Å². The lowest BCUT2D eigenvalue weighted by atomic mass is 10.1. The van der Waals surface area contributed by atoms with Gasteiger partial charge < -0.3 is 18.9 Å². The van der Waals surface area contributed by atoms with Gasteiger partial charge in [-0.25, -0.2) is 0 Å². The van der Waals surface area contributed by atoms with E-state index in [1.807, 2.05) is 0 Å². The van der Waals surface area contributed by atoms with Crippen LogP contribution in [0.25, 0.3) is 0 Å². The third-order valence-corrected chi connectivity index (χ3v) is 2.51. The zero-order valence-electron chi connectivity index (χ0n) is 11.2. The van der Waals surface area contributed by atoms with Crippen LogP contribution in [-0.2, 0) is 33.3 Å². The molecule has 19 heavy (non-hydrogen) atoms. The predicted molar refractivity (Wildman–Crippen MR) is 62.1 cm³/mol. The van der Waals surface area contributed by atoms with Crippen LogP contribution < -0.4 is 0 Å². The minimum absolute atomic E-state index is 0.0770. The van der Waals surface area contributed by atoms with Crippen molar-refractivity contribution in [3.05, 3.63) is 0 Å². The van der Waals surface area contributed by atoms with Crippen LogP contribution in [-0.4, -0.2) is 49.4 Å². The number of ether oxygens (including phenoxy) is 4. The van der Waals surface area contributed by atoms with E-state index in [1.54, 1.807) is 0 Å². The maximum atomic E-state index is 11.0. The Morgan fingerprint density at radius 2 is 1.84 bits per heavy atom. The fraction of sp³-hybridized carbons (Fsp3) is 0.750. The van der Waals surface area contributed by atoms with Gasteiger partial charge in [-0.05, 0) is 0 Å². The number of hydrogen-bond donors (Lipinski definition) is 0. The molecule has 0 aliphatic carbocycles. The van der Waals surface area contributed by atoms with E-state index in [9.17, 15) is 14.4 Å². The first kappa shape index (κ1) is 15.4. The lowest BCUT2D eigenvalue weighted by molar-refractivity contribution is -0.164. The maximum absolute atomic E-state index is 11.0. The Bertz CT molecular complexity index is 352. The smallest absolute Gasteiger partial charge is 0.303 e. The Balaban J connectivity index is 2.53. The Hall–Kier alpha value is -1.63. The first-order valence-electron chi connectivity index (χ1n) is 5.98. The highest BCUT2D eigenvalue weighted by molar-refractivity contribution is 5.67. The second-order valence-corrected chi connectivity index (χ2v) is 4.29. The summed E-state index contributed by atoms with van der Waals surface area (Å²) in [7, 11) is 0. The third-order valence-electron chi connectivity index (χ3n) is 2.51. The van der Waals surface area contributed by atoms with Gasteiger partial charge in [0.15, 0.2) is 6.10 Å². The van der Waals surface area contributed by atoms with Gasteiger partial charge in [-0.3, -0.25) is 14.4 Å². The summed E-state index contributed by atoms with van der Waals surface area (Å²) in [4.78, 5) is 32.6. The van der Waals surface area contributed by atoms with Gasteiger partial charge in [0.2, 0.25) is 0 Å². The van der Waals surface area contributed by atoms with Gasteiger partial charge in [0.25, 0.3) is 0 Å². The molecule has 1 heterocycles. The first-order valence-corrected chi connectivity index (χ1v) is 5.98. The summed E-state index contributed by atoms with van der Waals surface area (Å²) in [6, 6.07) is 0. The SMILES string of the molecule is CC(=O)OC[C@@H](OC(C)=O)[C@@H]1C[C@H](OC(C)=O)CO1. The van der Waals surface area contributed by atoms with E-state index in [1.165, 1.54) is 20.8 Å². The zero-order valence-corrected chi connectivity index (χ0v) is 11.2. The second-order valence-electron chi connectivity index (χ2n) is 4.29. The van der Waals surface area contributed by atoms with Crippen LogP contribution in [0, 0.1) is 0 Å². The molecule has 0 radical (unpaired) electrons. The summed E-state index contributed by atoms with van der Waals surface area (Å²) in [5.41, 5.74) is 0. The van der Waals surface area contributed by atoms with E-state index in [-0.39, 0.29) is 19.3 Å². The highest BCUT2D eigenvalue weighted by Crippen LogP contribution is 2.21. The number of esters is 3. The molecule has 0 aromatic rings. The van der Waals surface area contributed by atoms with E-state index >= 15 is 0 Å². The van der Waals surface area contributed by atoms with Crippen molar-refractivity contribution in [1.82, 2.24) is 0 Å². The molecule has 0 saturated carbocycles. The van der Waals surface area contributed by atoms with E-state index < -0.39 is 30.1 Å². The number of carbonyl (C=O) groups is 3.